The van der Waals surface area contributed by atoms with Gasteiger partial charge in [-0.15, -0.1) is 16.4 Å². The predicted molar refractivity (Wildman–Crippen MR) is 103 cm³/mol. The van der Waals surface area contributed by atoms with E-state index in [1.807, 2.05) is 48.7 Å². The molecule has 0 saturated carbocycles. The van der Waals surface area contributed by atoms with Crippen LogP contribution in [0, 0.1) is 0 Å². The Labute approximate surface area is 160 Å². The van der Waals surface area contributed by atoms with Gasteiger partial charge in [-0.25, -0.2) is 4.79 Å². The average molecular weight is 388 g/mol. The third-order valence-corrected chi connectivity index (χ3v) is 4.56. The zero-order chi connectivity index (χ0) is 19.2. The first-order valence-corrected chi connectivity index (χ1v) is 9.22. The van der Waals surface area contributed by atoms with Crippen molar-refractivity contribution in [2.75, 3.05) is 13.7 Å². The minimum atomic E-state index is -0.941. The van der Waals surface area contributed by atoms with Gasteiger partial charge in [-0.2, -0.15) is 4.68 Å². The Morgan fingerprint density at radius 3 is 2.93 bits per heavy atom. The second-order valence-corrected chi connectivity index (χ2v) is 6.66. The van der Waals surface area contributed by atoms with E-state index in [4.69, 9.17) is 13.9 Å². The number of hydrogen-bond acceptors (Lipinski definition) is 7. The molecule has 0 aliphatic heterocycles. The second kappa shape index (κ2) is 8.70. The number of aliphatic hydroxyl groups is 1. The average Bonchev–Trinajstić information content (AvgIpc) is 3.31. The molecule has 1 atom stereocenters. The zero-order valence-corrected chi connectivity index (χ0v) is 15.8. The Morgan fingerprint density at radius 2 is 2.22 bits per heavy atom. The van der Waals surface area contributed by atoms with Crippen LogP contribution in [0.25, 0.3) is 16.8 Å². The number of ether oxygens (including phenoxy) is 2. The maximum absolute atomic E-state index is 11.9. The van der Waals surface area contributed by atoms with Crippen molar-refractivity contribution >= 4 is 17.4 Å². The van der Waals surface area contributed by atoms with Crippen molar-refractivity contribution in [3.63, 3.8) is 0 Å². The van der Waals surface area contributed by atoms with Gasteiger partial charge in [-0.3, -0.25) is 0 Å². The van der Waals surface area contributed by atoms with Gasteiger partial charge in [0.1, 0.15) is 12.7 Å². The van der Waals surface area contributed by atoms with Crippen molar-refractivity contribution in [1.82, 2.24) is 9.78 Å². The second-order valence-electron chi connectivity index (χ2n) is 5.71. The number of rotatable bonds is 8. The summed E-state index contributed by atoms with van der Waals surface area (Å²) >= 11 is 1.42. The summed E-state index contributed by atoms with van der Waals surface area (Å²) in [6, 6.07) is 9.16. The van der Waals surface area contributed by atoms with Gasteiger partial charge >= 0.3 is 5.76 Å². The van der Waals surface area contributed by atoms with Crippen molar-refractivity contribution in [3.8, 4) is 22.3 Å². The van der Waals surface area contributed by atoms with Crippen molar-refractivity contribution in [2.45, 2.75) is 19.6 Å². The van der Waals surface area contributed by atoms with Gasteiger partial charge in [0.2, 0.25) is 0 Å². The van der Waals surface area contributed by atoms with Gasteiger partial charge in [-0.05, 0) is 36.1 Å². The molecule has 3 aromatic rings. The van der Waals surface area contributed by atoms with E-state index in [-0.39, 0.29) is 19.0 Å². The van der Waals surface area contributed by atoms with Crippen molar-refractivity contribution in [2.24, 2.45) is 0 Å². The largest absolute Gasteiger partial charge is 0.493 e. The van der Waals surface area contributed by atoms with Crippen molar-refractivity contribution in [1.29, 1.82) is 0 Å². The standard InChI is InChI=1S/C19H20N2O5S/c1-3-5-13-7-8-15(16(10-13)24-2)25-12-14(22)11-21-19(23)26-18(20-21)17-6-4-9-27-17/h3-10,14,22H,11-12H2,1-2H3/b5-3+. The molecule has 1 unspecified atom stereocenters. The van der Waals surface area contributed by atoms with Gasteiger partial charge in [0, 0.05) is 0 Å². The topological polar surface area (TPSA) is 86.7 Å². The van der Waals surface area contributed by atoms with E-state index < -0.39 is 11.9 Å². The minimum Gasteiger partial charge on any atom is -0.493 e. The predicted octanol–water partition coefficient (Wildman–Crippen LogP) is 3.05. The fourth-order valence-electron chi connectivity index (χ4n) is 2.46. The molecule has 27 heavy (non-hydrogen) atoms. The first-order chi connectivity index (χ1) is 13.1. The van der Waals surface area contributed by atoms with Gasteiger partial charge < -0.3 is 19.0 Å². The van der Waals surface area contributed by atoms with E-state index in [1.54, 1.807) is 13.2 Å². The smallest absolute Gasteiger partial charge is 0.437 e. The van der Waals surface area contributed by atoms with E-state index in [0.717, 1.165) is 15.1 Å². The number of aromatic nitrogens is 2. The van der Waals surface area contributed by atoms with E-state index in [2.05, 4.69) is 5.10 Å². The lowest BCUT2D eigenvalue weighted by Crippen LogP contribution is -2.29. The molecule has 0 radical (unpaired) electrons. The lowest BCUT2D eigenvalue weighted by atomic mass is 10.2. The summed E-state index contributed by atoms with van der Waals surface area (Å²) in [4.78, 5) is 12.7. The van der Waals surface area contributed by atoms with Crippen LogP contribution in [-0.2, 0) is 6.54 Å². The third kappa shape index (κ3) is 4.66. The summed E-state index contributed by atoms with van der Waals surface area (Å²) in [6.07, 6.45) is 2.94. The van der Waals surface area contributed by atoms with E-state index in [1.165, 1.54) is 11.3 Å². The number of allylic oxidation sites excluding steroid dienone is 1. The van der Waals surface area contributed by atoms with Crippen LogP contribution in [-0.4, -0.2) is 34.7 Å². The molecule has 0 fully saturated rings. The maximum Gasteiger partial charge on any atom is 0.437 e. The lowest BCUT2D eigenvalue weighted by molar-refractivity contribution is 0.0861. The number of benzene rings is 1. The van der Waals surface area contributed by atoms with Gasteiger partial charge in [-0.1, -0.05) is 24.3 Å². The Kier molecular flexibility index (Phi) is 6.10. The van der Waals surface area contributed by atoms with Gasteiger partial charge in [0.05, 0.1) is 18.5 Å². The Balaban J connectivity index is 1.63. The zero-order valence-electron chi connectivity index (χ0n) is 15.0. The number of aliphatic hydroxyl groups excluding tert-OH is 1. The van der Waals surface area contributed by atoms with E-state index >= 15 is 0 Å². The summed E-state index contributed by atoms with van der Waals surface area (Å²) in [7, 11) is 1.55. The highest BCUT2D eigenvalue weighted by molar-refractivity contribution is 7.13. The fraction of sp³-hybridized carbons (Fsp3) is 0.263. The number of thiophene rings is 1. The number of hydrogen-bond donors (Lipinski definition) is 1. The highest BCUT2D eigenvalue weighted by Gasteiger charge is 2.15. The van der Waals surface area contributed by atoms with E-state index in [9.17, 15) is 9.90 Å². The SMILES string of the molecule is C/C=C/c1ccc(OCC(O)Cn2nc(-c3cccs3)oc2=O)c(OC)c1. The van der Waals surface area contributed by atoms with Crippen LogP contribution < -0.4 is 15.2 Å². The third-order valence-electron chi connectivity index (χ3n) is 3.70. The van der Waals surface area contributed by atoms with Crippen LogP contribution in [0.1, 0.15) is 12.5 Å². The Hall–Kier alpha value is -2.84. The normalized spacial score (nSPS) is 12.4. The molecule has 2 aromatic heterocycles. The molecule has 7 nitrogen and oxygen atoms in total. The van der Waals surface area contributed by atoms with Crippen LogP contribution >= 0.6 is 11.3 Å². The van der Waals surface area contributed by atoms with Gasteiger partial charge in [0.15, 0.2) is 11.5 Å². The molecule has 3 rings (SSSR count). The molecule has 0 aliphatic carbocycles. The summed E-state index contributed by atoms with van der Waals surface area (Å²) in [5.41, 5.74) is 0.984. The molecule has 0 bridgehead atoms. The summed E-state index contributed by atoms with van der Waals surface area (Å²) < 4.78 is 17.2. The first-order valence-electron chi connectivity index (χ1n) is 8.34. The molecule has 1 N–H and O–H groups in total. The van der Waals surface area contributed by atoms with Crippen LogP contribution in [0.3, 0.4) is 0 Å². The maximum atomic E-state index is 11.9. The molecule has 8 heteroatoms. The molecule has 0 saturated heterocycles. The monoisotopic (exact) mass is 388 g/mol. The van der Waals surface area contributed by atoms with Crippen LogP contribution in [0.5, 0.6) is 11.5 Å². The molecular weight excluding hydrogens is 368 g/mol. The molecule has 0 aliphatic rings. The highest BCUT2D eigenvalue weighted by atomic mass is 32.1. The minimum absolute atomic E-state index is 0.0209. The number of nitrogens with zero attached hydrogens (tertiary/aromatic N) is 2. The van der Waals surface area contributed by atoms with Crippen LogP contribution in [0.4, 0.5) is 0 Å². The fourth-order valence-corrected chi connectivity index (χ4v) is 3.10. The Bertz CT molecular complexity index is 959. The van der Waals surface area contributed by atoms with Crippen LogP contribution in [0.2, 0.25) is 0 Å². The molecule has 0 amide bonds. The summed E-state index contributed by atoms with van der Waals surface area (Å²) in [5.74, 6) is 0.697. The summed E-state index contributed by atoms with van der Waals surface area (Å²) in [5, 5.41) is 16.2. The first kappa shape index (κ1) is 18.9. The molecule has 1 aromatic carbocycles. The lowest BCUT2D eigenvalue weighted by Gasteiger charge is -2.14. The van der Waals surface area contributed by atoms with Crippen molar-refractivity contribution < 1.29 is 19.0 Å². The summed E-state index contributed by atoms with van der Waals surface area (Å²) in [6.45, 7) is 1.88. The number of methoxy groups -OCH3 is 1. The van der Waals surface area contributed by atoms with E-state index in [0.29, 0.717) is 11.5 Å². The highest BCUT2D eigenvalue weighted by Crippen LogP contribution is 2.28. The van der Waals surface area contributed by atoms with Crippen LogP contribution in [0.15, 0.2) is 51.0 Å². The molecule has 142 valence electrons. The Morgan fingerprint density at radius 1 is 1.37 bits per heavy atom. The van der Waals surface area contributed by atoms with Crippen molar-refractivity contribution in [3.05, 3.63) is 57.9 Å². The quantitative estimate of drug-likeness (QED) is 0.638. The van der Waals surface area contributed by atoms with Gasteiger partial charge in [0.25, 0.3) is 5.89 Å². The molecule has 2 heterocycles. The molecular formula is C19H20N2O5S. The molecule has 0 spiro atoms.